The molecular formula is C33H47N5O6S. The van der Waals surface area contributed by atoms with Crippen molar-refractivity contribution in [2.24, 2.45) is 11.7 Å². The van der Waals surface area contributed by atoms with Crippen LogP contribution in [0.1, 0.15) is 85.3 Å². The summed E-state index contributed by atoms with van der Waals surface area (Å²) in [7, 11) is 0. The summed E-state index contributed by atoms with van der Waals surface area (Å²) < 4.78 is 4.97. The molecule has 0 bridgehead atoms. The molecule has 1 fully saturated rings. The lowest BCUT2D eigenvalue weighted by Gasteiger charge is -2.37. The fourth-order valence-electron chi connectivity index (χ4n) is 4.92. The first-order valence-electron chi connectivity index (χ1n) is 15.3. The van der Waals surface area contributed by atoms with Crippen molar-refractivity contribution in [2.75, 3.05) is 16.3 Å². The molecule has 1 aromatic heterocycles. The van der Waals surface area contributed by atoms with Gasteiger partial charge in [0.2, 0.25) is 23.6 Å². The van der Waals surface area contributed by atoms with Crippen LogP contribution in [0.5, 0.6) is 0 Å². The lowest BCUT2D eigenvalue weighted by molar-refractivity contribution is -0.128. The molecule has 1 unspecified atom stereocenters. The Bertz CT molecular complexity index is 1380. The Hall–Kier alpha value is -3.93. The number of primary amides is 1. The smallest absolute Gasteiger partial charge is 0.408 e. The summed E-state index contributed by atoms with van der Waals surface area (Å²) in [5.41, 5.74) is 7.03. The number of nitrogens with two attached hydrogens (primary N) is 1. The monoisotopic (exact) mass is 641 g/mol. The number of nitrogens with zero attached hydrogens (tertiary/aromatic N) is 2. The van der Waals surface area contributed by atoms with Crippen LogP contribution in [0, 0.1) is 5.92 Å². The van der Waals surface area contributed by atoms with E-state index in [0.29, 0.717) is 38.3 Å². The predicted molar refractivity (Wildman–Crippen MR) is 176 cm³/mol. The SMILES string of the molecule is CC(C)(C)OC(=O)NC(C)(C)C(N)=O.CC(C)CCC(=O)NC1Cc2cccc(N3CCCC3=O)c2N(Cc2ccsc2)C1=O. The zero-order valence-electron chi connectivity index (χ0n) is 27.4. The highest BCUT2D eigenvalue weighted by molar-refractivity contribution is 7.07. The maximum atomic E-state index is 13.5. The largest absolute Gasteiger partial charge is 0.444 e. The molecule has 0 radical (unpaired) electrons. The van der Waals surface area contributed by atoms with E-state index in [-0.39, 0.29) is 17.7 Å². The number of nitrogens with one attached hydrogen (secondary N) is 2. The number of anilines is 2. The van der Waals surface area contributed by atoms with Crippen LogP contribution in [0.25, 0.3) is 0 Å². The van der Waals surface area contributed by atoms with Gasteiger partial charge in [0.1, 0.15) is 17.2 Å². The first-order valence-corrected chi connectivity index (χ1v) is 16.3. The van der Waals surface area contributed by atoms with Gasteiger partial charge in [-0.3, -0.25) is 19.2 Å². The Kier molecular flexibility index (Phi) is 11.8. The van der Waals surface area contributed by atoms with E-state index < -0.39 is 29.2 Å². The zero-order valence-corrected chi connectivity index (χ0v) is 28.2. The van der Waals surface area contributed by atoms with Gasteiger partial charge in [-0.2, -0.15) is 11.3 Å². The molecule has 1 atom stereocenters. The summed E-state index contributed by atoms with van der Waals surface area (Å²) >= 11 is 1.59. The number of hydrogen-bond donors (Lipinski definition) is 3. The van der Waals surface area contributed by atoms with Crippen molar-refractivity contribution in [3.05, 3.63) is 46.2 Å². The van der Waals surface area contributed by atoms with Gasteiger partial charge < -0.3 is 30.9 Å². The average molecular weight is 642 g/mol. The third kappa shape index (κ3) is 10.0. The number of amides is 5. The molecule has 2 aliphatic heterocycles. The number of thiophene rings is 1. The zero-order chi connectivity index (χ0) is 33.5. The van der Waals surface area contributed by atoms with E-state index in [1.165, 1.54) is 13.8 Å². The van der Waals surface area contributed by atoms with Crippen molar-refractivity contribution in [1.29, 1.82) is 0 Å². The van der Waals surface area contributed by atoms with Gasteiger partial charge in [-0.1, -0.05) is 26.0 Å². The van der Waals surface area contributed by atoms with Crippen LogP contribution in [0.15, 0.2) is 35.0 Å². The van der Waals surface area contributed by atoms with Crippen LogP contribution in [-0.2, 0) is 36.9 Å². The van der Waals surface area contributed by atoms with E-state index in [0.717, 1.165) is 35.3 Å². The molecule has 45 heavy (non-hydrogen) atoms. The Morgan fingerprint density at radius 2 is 1.82 bits per heavy atom. The molecule has 12 heteroatoms. The molecule has 2 aromatic rings. The number of alkyl carbamates (subject to hydrolysis) is 1. The highest BCUT2D eigenvalue weighted by Gasteiger charge is 2.37. The number of benzene rings is 1. The molecule has 0 saturated carbocycles. The number of rotatable bonds is 9. The highest BCUT2D eigenvalue weighted by atomic mass is 32.1. The molecule has 1 saturated heterocycles. The molecule has 4 rings (SSSR count). The molecule has 246 valence electrons. The molecule has 4 N–H and O–H groups in total. The fraction of sp³-hybridized carbons (Fsp3) is 0.545. The number of carbonyl (C=O) groups excluding carboxylic acids is 5. The number of hydrogen-bond acceptors (Lipinski definition) is 7. The summed E-state index contributed by atoms with van der Waals surface area (Å²) in [4.78, 5) is 64.2. The number of carbonyl (C=O) groups is 5. The van der Waals surface area contributed by atoms with Crippen molar-refractivity contribution >= 4 is 52.4 Å². The molecule has 11 nitrogen and oxygen atoms in total. The summed E-state index contributed by atoms with van der Waals surface area (Å²) in [6.45, 7) is 13.5. The Morgan fingerprint density at radius 1 is 1.11 bits per heavy atom. The van der Waals surface area contributed by atoms with Crippen LogP contribution in [0.4, 0.5) is 16.2 Å². The van der Waals surface area contributed by atoms with E-state index in [2.05, 4.69) is 24.5 Å². The predicted octanol–water partition coefficient (Wildman–Crippen LogP) is 4.66. The first-order chi connectivity index (χ1) is 21.0. The summed E-state index contributed by atoms with van der Waals surface area (Å²) in [5.74, 6) is -0.277. The normalized spacial score (nSPS) is 16.6. The van der Waals surface area contributed by atoms with Gasteiger partial charge in [-0.15, -0.1) is 0 Å². The summed E-state index contributed by atoms with van der Waals surface area (Å²) in [6.07, 6.45) is 2.37. The standard InChI is InChI=1S/C24H29N3O3S.C9H18N2O3/c1-16(2)8-9-21(28)25-19-13-18-5-3-6-20(26-11-4-7-22(26)29)23(18)27(24(19)30)14-17-10-12-31-15-17;1-8(2,3)14-7(13)11-9(4,5)6(10)12/h3,5-6,10,12,15-16,19H,4,7-9,11,13-14H2,1-2H3,(H,25,28);1-5H3,(H2,10,12)(H,11,13). The van der Waals surface area contributed by atoms with Crippen LogP contribution in [0.2, 0.25) is 0 Å². The fourth-order valence-corrected chi connectivity index (χ4v) is 5.58. The van der Waals surface area contributed by atoms with Crippen LogP contribution < -0.4 is 26.2 Å². The summed E-state index contributed by atoms with van der Waals surface area (Å²) in [6, 6.07) is 7.29. The Morgan fingerprint density at radius 3 is 2.38 bits per heavy atom. The third-order valence-corrected chi connectivity index (χ3v) is 8.09. The number of fused-ring (bicyclic) bond motifs is 1. The maximum Gasteiger partial charge on any atom is 0.408 e. The topological polar surface area (TPSA) is 151 Å². The van der Waals surface area contributed by atoms with Crippen molar-refractivity contribution in [1.82, 2.24) is 10.6 Å². The minimum atomic E-state index is -1.09. The molecule has 0 spiro atoms. The summed E-state index contributed by atoms with van der Waals surface area (Å²) in [5, 5.41) is 9.36. The van der Waals surface area contributed by atoms with Gasteiger partial charge in [-0.05, 0) is 87.4 Å². The Balaban J connectivity index is 0.000000335. The van der Waals surface area contributed by atoms with E-state index in [4.69, 9.17) is 10.5 Å². The number of para-hydroxylation sites is 1. The third-order valence-electron chi connectivity index (χ3n) is 7.35. The van der Waals surface area contributed by atoms with Crippen molar-refractivity contribution in [3.63, 3.8) is 0 Å². The molecule has 0 aliphatic carbocycles. The second-order valence-electron chi connectivity index (χ2n) is 13.4. The molecule has 1 aromatic carbocycles. The van der Waals surface area contributed by atoms with Gasteiger partial charge in [0.25, 0.3) is 0 Å². The molecular weight excluding hydrogens is 594 g/mol. The van der Waals surface area contributed by atoms with Crippen molar-refractivity contribution < 1.29 is 28.7 Å². The Labute approximate surface area is 269 Å². The quantitative estimate of drug-likeness (QED) is 0.362. The van der Waals surface area contributed by atoms with Crippen LogP contribution >= 0.6 is 11.3 Å². The van der Waals surface area contributed by atoms with Crippen LogP contribution in [0.3, 0.4) is 0 Å². The van der Waals surface area contributed by atoms with Gasteiger partial charge in [0, 0.05) is 25.8 Å². The number of ether oxygens (including phenoxy) is 1. The lowest BCUT2D eigenvalue weighted by atomic mass is 9.94. The minimum absolute atomic E-state index is 0.0862. The van der Waals surface area contributed by atoms with Crippen molar-refractivity contribution in [2.45, 2.75) is 104 Å². The van der Waals surface area contributed by atoms with Gasteiger partial charge >= 0.3 is 6.09 Å². The average Bonchev–Trinajstić information content (AvgIpc) is 3.60. The second kappa shape index (κ2) is 14.9. The minimum Gasteiger partial charge on any atom is -0.444 e. The van der Waals surface area contributed by atoms with Gasteiger partial charge in [-0.25, -0.2) is 4.79 Å². The molecule has 3 heterocycles. The van der Waals surface area contributed by atoms with Crippen molar-refractivity contribution in [3.8, 4) is 0 Å². The van der Waals surface area contributed by atoms with Gasteiger partial charge in [0.05, 0.1) is 17.9 Å². The van der Waals surface area contributed by atoms with E-state index in [9.17, 15) is 24.0 Å². The highest BCUT2D eigenvalue weighted by Crippen LogP contribution is 2.40. The van der Waals surface area contributed by atoms with E-state index in [1.54, 1.807) is 41.9 Å². The molecule has 5 amide bonds. The van der Waals surface area contributed by atoms with E-state index >= 15 is 0 Å². The molecule has 2 aliphatic rings. The maximum absolute atomic E-state index is 13.5. The lowest BCUT2D eigenvalue weighted by Crippen LogP contribution is -2.54. The van der Waals surface area contributed by atoms with Gasteiger partial charge in [0.15, 0.2) is 0 Å². The van der Waals surface area contributed by atoms with Crippen LogP contribution in [-0.4, -0.2) is 53.4 Å². The van der Waals surface area contributed by atoms with E-state index in [1.807, 2.05) is 35.0 Å². The second-order valence-corrected chi connectivity index (χ2v) is 14.1. The first kappa shape index (κ1) is 35.5.